The van der Waals surface area contributed by atoms with Crippen LogP contribution in [0.1, 0.15) is 109 Å². The number of amides is 2. The second-order valence-corrected chi connectivity index (χ2v) is 13.9. The molecular weight excluding hydrogens is 498 g/mol. The van der Waals surface area contributed by atoms with Crippen LogP contribution in [0.25, 0.3) is 5.57 Å². The smallest absolute Gasteiger partial charge is 0.338 e. The second-order valence-electron chi connectivity index (χ2n) is 13.5. The van der Waals surface area contributed by atoms with Crippen LogP contribution in [0, 0.1) is 11.8 Å². The van der Waals surface area contributed by atoms with Crippen LogP contribution >= 0.6 is 11.6 Å². The third-order valence-corrected chi connectivity index (χ3v) is 9.92. The van der Waals surface area contributed by atoms with Gasteiger partial charge < -0.3 is 10.4 Å². The molecule has 1 atom stereocenters. The van der Waals surface area contributed by atoms with E-state index < -0.39 is 11.5 Å². The number of alkyl halides is 1. The van der Waals surface area contributed by atoms with Crippen LogP contribution in [-0.2, 0) is 15.6 Å². The van der Waals surface area contributed by atoms with Gasteiger partial charge in [0.25, 0.3) is 0 Å². The molecule has 0 radical (unpaired) electrons. The van der Waals surface area contributed by atoms with Crippen LogP contribution < -0.4 is 5.32 Å². The van der Waals surface area contributed by atoms with Gasteiger partial charge in [-0.2, -0.15) is 0 Å². The Bertz CT molecular complexity index is 1100. The van der Waals surface area contributed by atoms with Gasteiger partial charge in [-0.1, -0.05) is 89.6 Å². The molecule has 0 aromatic heterocycles. The lowest BCUT2D eigenvalue weighted by atomic mass is 9.80. The molecule has 0 saturated heterocycles. The highest BCUT2D eigenvalue weighted by Gasteiger charge is 2.44. The zero-order chi connectivity index (χ0) is 27.4. The molecule has 0 spiro atoms. The first-order chi connectivity index (χ1) is 17.9. The van der Waals surface area contributed by atoms with Crippen LogP contribution in [0.4, 0.5) is 4.79 Å². The summed E-state index contributed by atoms with van der Waals surface area (Å²) in [5.74, 6) is -0.569. The number of benzene rings is 1. The molecule has 1 aliphatic heterocycles. The van der Waals surface area contributed by atoms with E-state index in [0.717, 1.165) is 23.3 Å². The van der Waals surface area contributed by atoms with Crippen molar-refractivity contribution in [3.8, 4) is 0 Å². The topological polar surface area (TPSA) is 72.9 Å². The zero-order valence-electron chi connectivity index (χ0n) is 23.6. The summed E-state index contributed by atoms with van der Waals surface area (Å²) in [4.78, 5) is 24.8. The minimum atomic E-state index is -0.790. The van der Waals surface area contributed by atoms with E-state index >= 15 is 0 Å². The summed E-state index contributed by atoms with van der Waals surface area (Å²) in [5.41, 5.74) is 5.57. The van der Waals surface area contributed by atoms with Crippen molar-refractivity contribution >= 4 is 29.2 Å². The molecule has 3 fully saturated rings. The number of halogens is 1. The van der Waals surface area contributed by atoms with E-state index in [2.05, 4.69) is 51.2 Å². The van der Waals surface area contributed by atoms with E-state index in [-0.39, 0.29) is 28.8 Å². The molecule has 0 bridgehead atoms. The van der Waals surface area contributed by atoms with Crippen LogP contribution in [0.2, 0.25) is 0 Å². The number of hydrazine groups is 1. The van der Waals surface area contributed by atoms with Gasteiger partial charge in [-0.3, -0.25) is 9.80 Å². The Morgan fingerprint density at radius 2 is 1.76 bits per heavy atom. The van der Waals surface area contributed by atoms with Crippen molar-refractivity contribution in [1.82, 2.24) is 15.3 Å². The SMILES string of the molecule is CN1C(CC2CCCCC2)=C(c2cc(C(C)(C)C)cc(C3(C)CC3)c2)C(Cl)N1C(=O)NC1CC(C(=O)O)C1. The average molecular weight is 542 g/mol. The number of carboxylic acid groups (broad SMARTS) is 1. The van der Waals surface area contributed by atoms with Gasteiger partial charge in [0, 0.05) is 24.4 Å². The standard InChI is InChI=1S/C31H44ClN3O3/c1-30(2,3)22-14-20(15-23(18-22)31(4)11-12-31)26-25(13-19-9-7-6-8-10-19)34(5)35(27(26)32)29(38)33-24-16-21(17-24)28(36)37/h14-15,18-19,21,24,27H,6-13,16-17H2,1-5H3,(H,33,38)(H,36,37). The maximum Gasteiger partial charge on any atom is 0.338 e. The number of carbonyl (C=O) groups is 2. The molecule has 7 heteroatoms. The first kappa shape index (κ1) is 27.4. The van der Waals surface area contributed by atoms with Gasteiger partial charge in [-0.25, -0.2) is 9.80 Å². The van der Waals surface area contributed by atoms with Crippen molar-refractivity contribution in [1.29, 1.82) is 0 Å². The van der Waals surface area contributed by atoms with Gasteiger partial charge in [-0.15, -0.1) is 0 Å². The van der Waals surface area contributed by atoms with Crippen molar-refractivity contribution in [3.05, 3.63) is 40.6 Å². The number of carbonyl (C=O) groups excluding carboxylic acids is 1. The van der Waals surface area contributed by atoms with Crippen molar-refractivity contribution < 1.29 is 14.7 Å². The molecule has 38 heavy (non-hydrogen) atoms. The van der Waals surface area contributed by atoms with Gasteiger partial charge in [0.05, 0.1) is 5.92 Å². The molecule has 208 valence electrons. The van der Waals surface area contributed by atoms with E-state index in [9.17, 15) is 14.7 Å². The highest BCUT2D eigenvalue weighted by Crippen LogP contribution is 2.50. The molecule has 1 aromatic carbocycles. The molecule has 1 heterocycles. The minimum Gasteiger partial charge on any atom is -0.481 e. The Balaban J connectivity index is 1.49. The molecule has 1 unspecified atom stereocenters. The van der Waals surface area contributed by atoms with E-state index in [1.807, 2.05) is 12.1 Å². The number of nitrogens with one attached hydrogen (secondary N) is 1. The van der Waals surface area contributed by atoms with Crippen molar-refractivity contribution in [2.45, 2.75) is 114 Å². The highest BCUT2D eigenvalue weighted by molar-refractivity contribution is 6.27. The first-order valence-corrected chi connectivity index (χ1v) is 14.9. The number of urea groups is 1. The number of hydrogen-bond acceptors (Lipinski definition) is 3. The average Bonchev–Trinajstić information content (AvgIpc) is 3.53. The summed E-state index contributed by atoms with van der Waals surface area (Å²) in [5, 5.41) is 15.9. The maximum atomic E-state index is 13.5. The molecule has 3 aliphatic carbocycles. The van der Waals surface area contributed by atoms with Gasteiger partial charge >= 0.3 is 12.0 Å². The van der Waals surface area contributed by atoms with E-state index in [4.69, 9.17) is 11.6 Å². The van der Waals surface area contributed by atoms with Crippen LogP contribution in [0.3, 0.4) is 0 Å². The lowest BCUT2D eigenvalue weighted by Gasteiger charge is -2.37. The molecule has 5 rings (SSSR count). The fourth-order valence-corrected chi connectivity index (χ4v) is 6.86. The summed E-state index contributed by atoms with van der Waals surface area (Å²) < 4.78 is 0. The molecule has 1 aromatic rings. The van der Waals surface area contributed by atoms with E-state index in [1.54, 1.807) is 5.01 Å². The predicted molar refractivity (Wildman–Crippen MR) is 152 cm³/mol. The molecule has 2 amide bonds. The summed E-state index contributed by atoms with van der Waals surface area (Å²) in [6.07, 6.45) is 10.5. The molecule has 2 N–H and O–H groups in total. The van der Waals surface area contributed by atoms with Crippen LogP contribution in [0.15, 0.2) is 23.9 Å². The largest absolute Gasteiger partial charge is 0.481 e. The highest BCUT2D eigenvalue weighted by atomic mass is 35.5. The van der Waals surface area contributed by atoms with Crippen molar-refractivity contribution in [3.63, 3.8) is 0 Å². The third kappa shape index (κ3) is 5.30. The van der Waals surface area contributed by atoms with Gasteiger partial charge in [0.1, 0.15) is 0 Å². The molecule has 4 aliphatic rings. The summed E-state index contributed by atoms with van der Waals surface area (Å²) in [6, 6.07) is 6.61. The Morgan fingerprint density at radius 1 is 1.11 bits per heavy atom. The number of rotatable bonds is 6. The van der Waals surface area contributed by atoms with Gasteiger partial charge in [-0.05, 0) is 65.5 Å². The lowest BCUT2D eigenvalue weighted by Crippen LogP contribution is -2.54. The second kappa shape index (κ2) is 10.1. The van der Waals surface area contributed by atoms with E-state index in [0.29, 0.717) is 18.8 Å². The molecular formula is C31H44ClN3O3. The summed E-state index contributed by atoms with van der Waals surface area (Å²) in [7, 11) is 1.96. The fourth-order valence-electron chi connectivity index (χ4n) is 6.39. The summed E-state index contributed by atoms with van der Waals surface area (Å²) >= 11 is 7.22. The normalized spacial score (nSPS) is 27.4. The van der Waals surface area contributed by atoms with Crippen molar-refractivity contribution in [2.24, 2.45) is 11.8 Å². The Morgan fingerprint density at radius 3 is 2.34 bits per heavy atom. The number of carboxylic acids is 1. The van der Waals surface area contributed by atoms with Gasteiger partial charge in [0.2, 0.25) is 0 Å². The van der Waals surface area contributed by atoms with Crippen LogP contribution in [-0.4, -0.2) is 45.7 Å². The van der Waals surface area contributed by atoms with Gasteiger partial charge in [0.15, 0.2) is 5.50 Å². The first-order valence-electron chi connectivity index (χ1n) is 14.5. The number of aliphatic carboxylic acids is 1. The fraction of sp³-hybridized carbons (Fsp3) is 0.677. The lowest BCUT2D eigenvalue weighted by molar-refractivity contribution is -0.145. The monoisotopic (exact) mass is 541 g/mol. The Kier molecular flexibility index (Phi) is 7.25. The minimum absolute atomic E-state index is 0.00557. The van der Waals surface area contributed by atoms with Crippen LogP contribution in [0.5, 0.6) is 0 Å². The molecule has 6 nitrogen and oxygen atoms in total. The number of nitrogens with zero attached hydrogens (tertiary/aromatic N) is 2. The quantitative estimate of drug-likeness (QED) is 0.300. The number of allylic oxidation sites excluding steroid dienone is 1. The third-order valence-electron chi connectivity index (χ3n) is 9.51. The Labute approximate surface area is 232 Å². The van der Waals surface area contributed by atoms with Crippen molar-refractivity contribution in [2.75, 3.05) is 7.05 Å². The maximum absolute atomic E-state index is 13.5. The predicted octanol–water partition coefficient (Wildman–Crippen LogP) is 7.02. The zero-order valence-corrected chi connectivity index (χ0v) is 24.4. The number of hydrogen-bond donors (Lipinski definition) is 2. The molecule has 3 saturated carbocycles. The Hall–Kier alpha value is -2.21. The van der Waals surface area contributed by atoms with E-state index in [1.165, 1.54) is 56.1 Å². The summed E-state index contributed by atoms with van der Waals surface area (Å²) in [6.45, 7) is 9.11.